The molecule has 1 saturated carbocycles. The van der Waals surface area contributed by atoms with E-state index in [1.165, 1.54) is 0 Å². The summed E-state index contributed by atoms with van der Waals surface area (Å²) in [6, 6.07) is 26.1. The molecule has 6 rings (SSSR count). The van der Waals surface area contributed by atoms with Crippen LogP contribution in [0, 0.1) is 5.92 Å². The molecule has 1 aliphatic heterocycles. The SMILES string of the molecule is CC(C)C[C@H](NC(=O)c1ccc2ccccc2n1)C(=O)N[C@@H](Cc1ccccc1)[C@H](O)CN1C[C@H](S(=O)(=O)c2ccccc2)C[C@H]1C(=O)NC1CCCC1. The first kappa shape index (κ1) is 39.1. The molecule has 1 aromatic heterocycles. The Morgan fingerprint density at radius 1 is 0.870 bits per heavy atom. The second-order valence-electron chi connectivity index (χ2n) is 15.1. The van der Waals surface area contributed by atoms with Crippen LogP contribution in [-0.4, -0.2) is 89.7 Å². The molecule has 3 aromatic carbocycles. The summed E-state index contributed by atoms with van der Waals surface area (Å²) < 4.78 is 27.6. The van der Waals surface area contributed by atoms with E-state index in [1.807, 2.05) is 74.5 Å². The van der Waals surface area contributed by atoms with E-state index < -0.39 is 51.1 Å². The average Bonchev–Trinajstić information content (AvgIpc) is 3.85. The molecule has 2 aliphatic rings. The van der Waals surface area contributed by atoms with Gasteiger partial charge in [-0.05, 0) is 67.9 Å². The van der Waals surface area contributed by atoms with E-state index in [4.69, 9.17) is 0 Å². The van der Waals surface area contributed by atoms with Crippen LogP contribution in [0.3, 0.4) is 0 Å². The minimum atomic E-state index is -3.78. The molecule has 54 heavy (non-hydrogen) atoms. The lowest BCUT2D eigenvalue weighted by Gasteiger charge is -2.32. The molecule has 0 radical (unpaired) electrons. The van der Waals surface area contributed by atoms with Gasteiger partial charge in [0.2, 0.25) is 11.8 Å². The minimum absolute atomic E-state index is 0.0390. The molecule has 0 unspecified atom stereocenters. The Bertz CT molecular complexity index is 2010. The van der Waals surface area contributed by atoms with Gasteiger partial charge in [0.05, 0.1) is 33.8 Å². The lowest BCUT2D eigenvalue weighted by Crippen LogP contribution is -2.56. The molecule has 1 saturated heterocycles. The topological polar surface area (TPSA) is 158 Å². The minimum Gasteiger partial charge on any atom is -0.390 e. The van der Waals surface area contributed by atoms with E-state index >= 15 is 0 Å². The summed E-state index contributed by atoms with van der Waals surface area (Å²) in [5.74, 6) is -1.14. The molecule has 12 heteroatoms. The number of pyridine rings is 1. The van der Waals surface area contributed by atoms with Crippen molar-refractivity contribution in [2.24, 2.45) is 5.92 Å². The van der Waals surface area contributed by atoms with Crippen molar-refractivity contribution in [2.75, 3.05) is 13.1 Å². The van der Waals surface area contributed by atoms with Crippen LogP contribution in [0.25, 0.3) is 10.9 Å². The Hall–Kier alpha value is -4.65. The maximum atomic E-state index is 14.1. The highest BCUT2D eigenvalue weighted by atomic mass is 32.2. The largest absolute Gasteiger partial charge is 0.390 e. The molecule has 0 bridgehead atoms. The van der Waals surface area contributed by atoms with Gasteiger partial charge < -0.3 is 21.1 Å². The third kappa shape index (κ3) is 9.71. The maximum absolute atomic E-state index is 14.1. The number of carbonyl (C=O) groups is 3. The first-order chi connectivity index (χ1) is 26.0. The third-order valence-corrected chi connectivity index (χ3v) is 12.7. The fourth-order valence-electron chi connectivity index (χ4n) is 7.66. The molecule has 1 aliphatic carbocycles. The van der Waals surface area contributed by atoms with Gasteiger partial charge in [-0.3, -0.25) is 19.3 Å². The van der Waals surface area contributed by atoms with E-state index in [0.29, 0.717) is 11.9 Å². The Morgan fingerprint density at radius 2 is 1.54 bits per heavy atom. The number of nitrogens with zero attached hydrogens (tertiary/aromatic N) is 2. The van der Waals surface area contributed by atoms with Crippen molar-refractivity contribution in [1.82, 2.24) is 25.8 Å². The smallest absolute Gasteiger partial charge is 0.270 e. The second-order valence-corrected chi connectivity index (χ2v) is 17.3. The van der Waals surface area contributed by atoms with Crippen molar-refractivity contribution in [1.29, 1.82) is 0 Å². The summed E-state index contributed by atoms with van der Waals surface area (Å²) >= 11 is 0. The molecule has 286 valence electrons. The van der Waals surface area contributed by atoms with Gasteiger partial charge in [0, 0.05) is 24.5 Å². The number of para-hydroxylation sites is 1. The van der Waals surface area contributed by atoms with Crippen molar-refractivity contribution >= 4 is 38.5 Å². The van der Waals surface area contributed by atoms with Crippen molar-refractivity contribution in [3.8, 4) is 0 Å². The molecule has 4 aromatic rings. The zero-order valence-corrected chi connectivity index (χ0v) is 31.8. The van der Waals surface area contributed by atoms with E-state index in [0.717, 1.165) is 36.6 Å². The summed E-state index contributed by atoms with van der Waals surface area (Å²) in [6.45, 7) is 3.92. The van der Waals surface area contributed by atoms with Gasteiger partial charge in [0.25, 0.3) is 5.91 Å². The zero-order chi connectivity index (χ0) is 38.2. The standard InChI is InChI=1S/C42H51N5O6S/c1-28(2)23-37(46-40(49)35-22-21-30-15-9-12-20-34(30)44-35)41(50)45-36(24-29-13-5-3-6-14-29)39(48)27-47-26-33(54(52,53)32-18-7-4-8-19-32)25-38(47)42(51)43-31-16-10-11-17-31/h3-9,12-15,18-22,28,31,33,36-39,48H,10-11,16-17,23-27H2,1-2H3,(H,43,51)(H,45,50)(H,46,49)/t33-,36+,37+,38+,39-/m1/s1. The summed E-state index contributed by atoms with van der Waals surface area (Å²) in [4.78, 5) is 47.8. The molecule has 2 heterocycles. The summed E-state index contributed by atoms with van der Waals surface area (Å²) in [6.07, 6.45) is 3.32. The van der Waals surface area contributed by atoms with E-state index in [2.05, 4.69) is 20.9 Å². The highest BCUT2D eigenvalue weighted by Crippen LogP contribution is 2.30. The number of aliphatic hydroxyl groups excluding tert-OH is 1. The van der Waals surface area contributed by atoms with Crippen molar-refractivity contribution in [3.63, 3.8) is 0 Å². The predicted octanol–water partition coefficient (Wildman–Crippen LogP) is 4.44. The summed E-state index contributed by atoms with van der Waals surface area (Å²) in [5.41, 5.74) is 1.72. The number of carbonyl (C=O) groups excluding carboxylic acids is 3. The highest BCUT2D eigenvalue weighted by Gasteiger charge is 2.45. The van der Waals surface area contributed by atoms with Crippen molar-refractivity contribution < 1.29 is 27.9 Å². The van der Waals surface area contributed by atoms with Crippen LogP contribution >= 0.6 is 0 Å². The lowest BCUT2D eigenvalue weighted by atomic mass is 9.98. The third-order valence-electron chi connectivity index (χ3n) is 10.6. The fraction of sp³-hybridized carbons (Fsp3) is 0.429. The molecule has 4 N–H and O–H groups in total. The van der Waals surface area contributed by atoms with Gasteiger partial charge in [0.15, 0.2) is 9.84 Å². The Balaban J connectivity index is 1.22. The molecule has 3 amide bonds. The van der Waals surface area contributed by atoms with E-state index in [1.54, 1.807) is 41.3 Å². The number of nitrogens with one attached hydrogen (secondary N) is 3. The lowest BCUT2D eigenvalue weighted by molar-refractivity contribution is -0.128. The van der Waals surface area contributed by atoms with Crippen LogP contribution in [0.1, 0.15) is 68.4 Å². The Labute approximate surface area is 317 Å². The zero-order valence-electron chi connectivity index (χ0n) is 30.9. The molecular formula is C42H51N5O6S. The quantitative estimate of drug-likeness (QED) is 0.139. The molecule has 5 atom stereocenters. The highest BCUT2D eigenvalue weighted by molar-refractivity contribution is 7.92. The van der Waals surface area contributed by atoms with Crippen LogP contribution in [0.15, 0.2) is 102 Å². The van der Waals surface area contributed by atoms with Crippen molar-refractivity contribution in [2.45, 2.75) is 99.2 Å². The van der Waals surface area contributed by atoms with Crippen LogP contribution in [0.5, 0.6) is 0 Å². The number of aromatic nitrogens is 1. The number of β-amino-alcohol motifs (C(OH)–C–C–N with tert-alkyl or cyclic N) is 1. The number of likely N-dealkylation sites (tertiary alicyclic amines) is 1. The number of aliphatic hydroxyl groups is 1. The number of hydrogen-bond acceptors (Lipinski definition) is 8. The average molecular weight is 754 g/mol. The van der Waals surface area contributed by atoms with Crippen LogP contribution in [0.2, 0.25) is 0 Å². The summed E-state index contributed by atoms with van der Waals surface area (Å²) in [5, 5.41) is 21.0. The molecular weight excluding hydrogens is 703 g/mol. The van der Waals surface area contributed by atoms with E-state index in [-0.39, 0.29) is 54.4 Å². The van der Waals surface area contributed by atoms with Gasteiger partial charge in [-0.2, -0.15) is 0 Å². The number of amides is 3. The maximum Gasteiger partial charge on any atom is 0.270 e. The normalized spacial score (nSPS) is 19.7. The number of benzene rings is 3. The van der Waals surface area contributed by atoms with Crippen LogP contribution < -0.4 is 16.0 Å². The monoisotopic (exact) mass is 753 g/mol. The number of rotatable bonds is 15. The summed E-state index contributed by atoms with van der Waals surface area (Å²) in [7, 11) is -3.78. The van der Waals surface area contributed by atoms with Crippen LogP contribution in [-0.2, 0) is 25.8 Å². The van der Waals surface area contributed by atoms with Crippen molar-refractivity contribution in [3.05, 3.63) is 108 Å². The molecule has 0 spiro atoms. The number of hydrogen-bond donors (Lipinski definition) is 4. The van der Waals surface area contributed by atoms with Gasteiger partial charge in [-0.15, -0.1) is 0 Å². The van der Waals surface area contributed by atoms with Gasteiger partial charge in [-0.1, -0.05) is 99.5 Å². The first-order valence-electron chi connectivity index (χ1n) is 19.0. The van der Waals surface area contributed by atoms with E-state index in [9.17, 15) is 27.9 Å². The van der Waals surface area contributed by atoms with Gasteiger partial charge >= 0.3 is 0 Å². The van der Waals surface area contributed by atoms with Gasteiger partial charge in [0.1, 0.15) is 11.7 Å². The second kappa shape index (κ2) is 17.7. The van der Waals surface area contributed by atoms with Crippen LogP contribution in [0.4, 0.5) is 0 Å². The number of sulfone groups is 1. The molecule has 11 nitrogen and oxygen atoms in total. The Morgan fingerprint density at radius 3 is 2.24 bits per heavy atom. The Kier molecular flexibility index (Phi) is 12.8. The first-order valence-corrected chi connectivity index (χ1v) is 20.5. The predicted molar refractivity (Wildman–Crippen MR) is 208 cm³/mol. The fourth-order valence-corrected chi connectivity index (χ4v) is 9.41. The molecule has 2 fully saturated rings. The van der Waals surface area contributed by atoms with Gasteiger partial charge in [-0.25, -0.2) is 13.4 Å². The number of fused-ring (bicyclic) bond motifs is 1.